The van der Waals surface area contributed by atoms with Gasteiger partial charge < -0.3 is 20.3 Å². The van der Waals surface area contributed by atoms with Crippen molar-refractivity contribution in [2.75, 3.05) is 6.61 Å². The molecule has 0 aliphatic rings. The Kier molecular flexibility index (Phi) is 54.5. The van der Waals surface area contributed by atoms with Crippen LogP contribution in [0.4, 0.5) is 0 Å². The van der Waals surface area contributed by atoms with E-state index in [2.05, 4.69) is 86.8 Å². The Morgan fingerprint density at radius 1 is 0.420 bits per heavy atom. The summed E-state index contributed by atoms with van der Waals surface area (Å²) in [5, 5.41) is 23.9. The zero-order chi connectivity index (χ0) is 50.2. The van der Waals surface area contributed by atoms with E-state index in [0.29, 0.717) is 19.3 Å². The van der Waals surface area contributed by atoms with Crippen molar-refractivity contribution in [1.82, 2.24) is 5.32 Å². The van der Waals surface area contributed by atoms with E-state index in [1.165, 1.54) is 167 Å². The van der Waals surface area contributed by atoms with Crippen molar-refractivity contribution < 1.29 is 24.5 Å². The van der Waals surface area contributed by atoms with Crippen molar-refractivity contribution in [2.24, 2.45) is 0 Å². The van der Waals surface area contributed by atoms with E-state index in [1.54, 1.807) is 0 Å². The topological polar surface area (TPSA) is 95.9 Å². The summed E-state index contributed by atoms with van der Waals surface area (Å²) in [6, 6.07) is -0.709. The molecule has 0 aliphatic carbocycles. The standard InChI is InChI=1S/C63H115NO5/c1-4-7-10-13-16-19-22-25-28-30-31-33-35-38-41-44-47-50-53-56-63(68)69-59(54-51-48-45-42-39-36-34-32-29-26-23-20-17-14-11-8-5-2)57-62(67)64-60(58-65)61(66)55-52-49-46-43-40-37-27-24-21-18-15-12-9-6-3/h16-17,19-20,25-26,28-29,31,33,59-61,65-66H,4-15,18,21-24,27,30,32,34-58H2,1-3H3,(H,64,67)/b19-16-,20-17-,28-25-,29-26-,33-31-. The Morgan fingerprint density at radius 3 is 1.14 bits per heavy atom. The maximum atomic E-state index is 13.3. The number of amides is 1. The highest BCUT2D eigenvalue weighted by Gasteiger charge is 2.24. The van der Waals surface area contributed by atoms with Gasteiger partial charge in [0, 0.05) is 6.42 Å². The molecule has 0 saturated carbocycles. The van der Waals surface area contributed by atoms with Crippen LogP contribution in [0, 0.1) is 0 Å². The van der Waals surface area contributed by atoms with Crippen LogP contribution < -0.4 is 5.32 Å². The van der Waals surface area contributed by atoms with Gasteiger partial charge in [0.2, 0.25) is 5.91 Å². The number of hydrogen-bond acceptors (Lipinski definition) is 5. The van der Waals surface area contributed by atoms with Crippen LogP contribution in [0.1, 0.15) is 303 Å². The molecule has 0 heterocycles. The van der Waals surface area contributed by atoms with Crippen LogP contribution in [-0.4, -0.2) is 46.9 Å². The quantitative estimate of drug-likeness (QED) is 0.0321. The lowest BCUT2D eigenvalue weighted by atomic mass is 10.0. The van der Waals surface area contributed by atoms with Crippen LogP contribution in [0.2, 0.25) is 0 Å². The molecule has 6 heteroatoms. The molecule has 3 unspecified atom stereocenters. The summed E-state index contributed by atoms with van der Waals surface area (Å²) in [4.78, 5) is 26.3. The van der Waals surface area contributed by atoms with Crippen LogP contribution >= 0.6 is 0 Å². The fourth-order valence-electron chi connectivity index (χ4n) is 9.00. The number of allylic oxidation sites excluding steroid dienone is 10. The van der Waals surface area contributed by atoms with Crippen LogP contribution in [0.25, 0.3) is 0 Å². The molecule has 0 rings (SSSR count). The molecule has 3 N–H and O–H groups in total. The third kappa shape index (κ3) is 51.7. The smallest absolute Gasteiger partial charge is 0.306 e. The number of aliphatic hydroxyl groups is 2. The molecule has 0 aromatic rings. The Balaban J connectivity index is 4.59. The molecule has 0 fully saturated rings. The van der Waals surface area contributed by atoms with Crippen LogP contribution in [0.5, 0.6) is 0 Å². The first-order valence-electron chi connectivity index (χ1n) is 30.0. The number of aliphatic hydroxyl groups excluding tert-OH is 2. The Labute approximate surface area is 428 Å². The van der Waals surface area contributed by atoms with Crippen molar-refractivity contribution in [3.8, 4) is 0 Å². The number of hydrogen-bond donors (Lipinski definition) is 3. The van der Waals surface area contributed by atoms with E-state index in [0.717, 1.165) is 89.9 Å². The molecular weight excluding hydrogens is 851 g/mol. The lowest BCUT2D eigenvalue weighted by molar-refractivity contribution is -0.151. The first kappa shape index (κ1) is 66.6. The van der Waals surface area contributed by atoms with Gasteiger partial charge in [-0.15, -0.1) is 0 Å². The molecule has 0 aromatic carbocycles. The predicted octanol–water partition coefficient (Wildman–Crippen LogP) is 18.7. The van der Waals surface area contributed by atoms with Gasteiger partial charge in [-0.25, -0.2) is 0 Å². The number of carbonyl (C=O) groups is 2. The summed E-state index contributed by atoms with van der Waals surface area (Å²) in [7, 11) is 0. The highest BCUT2D eigenvalue weighted by molar-refractivity contribution is 5.77. The number of unbranched alkanes of at least 4 members (excludes halogenated alkanes) is 32. The highest BCUT2D eigenvalue weighted by Crippen LogP contribution is 2.18. The van der Waals surface area contributed by atoms with Crippen LogP contribution in [0.15, 0.2) is 60.8 Å². The van der Waals surface area contributed by atoms with Gasteiger partial charge in [-0.3, -0.25) is 9.59 Å². The summed E-state index contributed by atoms with van der Waals surface area (Å²) < 4.78 is 5.97. The van der Waals surface area contributed by atoms with Gasteiger partial charge >= 0.3 is 5.97 Å². The minimum Gasteiger partial charge on any atom is -0.462 e. The maximum absolute atomic E-state index is 13.3. The first-order chi connectivity index (χ1) is 34.0. The van der Waals surface area contributed by atoms with Crippen LogP contribution in [-0.2, 0) is 14.3 Å². The van der Waals surface area contributed by atoms with E-state index in [4.69, 9.17) is 4.74 Å². The summed E-state index contributed by atoms with van der Waals surface area (Å²) in [5.41, 5.74) is 0. The van der Waals surface area contributed by atoms with Crippen molar-refractivity contribution in [2.45, 2.75) is 322 Å². The second-order valence-electron chi connectivity index (χ2n) is 20.4. The van der Waals surface area contributed by atoms with E-state index >= 15 is 0 Å². The van der Waals surface area contributed by atoms with E-state index in [1.807, 2.05) is 0 Å². The lowest BCUT2D eigenvalue weighted by Crippen LogP contribution is -2.46. The van der Waals surface area contributed by atoms with E-state index < -0.39 is 18.2 Å². The molecule has 1 amide bonds. The van der Waals surface area contributed by atoms with Crippen molar-refractivity contribution in [3.63, 3.8) is 0 Å². The number of ether oxygens (including phenoxy) is 1. The Hall–Kier alpha value is -2.44. The van der Waals surface area contributed by atoms with E-state index in [9.17, 15) is 19.8 Å². The predicted molar refractivity (Wildman–Crippen MR) is 301 cm³/mol. The van der Waals surface area contributed by atoms with Gasteiger partial charge in [-0.1, -0.05) is 255 Å². The second-order valence-corrected chi connectivity index (χ2v) is 20.4. The molecule has 0 saturated heterocycles. The number of rotatable bonds is 54. The number of esters is 1. The average molecular weight is 967 g/mol. The summed E-state index contributed by atoms with van der Waals surface area (Å²) in [5.74, 6) is -0.486. The van der Waals surface area contributed by atoms with Crippen molar-refractivity contribution in [1.29, 1.82) is 0 Å². The first-order valence-corrected chi connectivity index (χ1v) is 30.0. The zero-order valence-corrected chi connectivity index (χ0v) is 45.9. The molecule has 0 radical (unpaired) electrons. The number of nitrogens with one attached hydrogen (secondary N) is 1. The highest BCUT2D eigenvalue weighted by atomic mass is 16.5. The molecule has 0 spiro atoms. The lowest BCUT2D eigenvalue weighted by Gasteiger charge is -2.24. The fourth-order valence-corrected chi connectivity index (χ4v) is 9.00. The van der Waals surface area contributed by atoms with Gasteiger partial charge in [-0.05, 0) is 96.3 Å². The van der Waals surface area contributed by atoms with Crippen LogP contribution in [0.3, 0.4) is 0 Å². The third-order valence-electron chi connectivity index (χ3n) is 13.6. The minimum atomic E-state index is -0.795. The zero-order valence-electron chi connectivity index (χ0n) is 45.9. The molecule has 0 aromatic heterocycles. The van der Waals surface area contributed by atoms with Crippen molar-refractivity contribution >= 4 is 11.9 Å². The second kappa shape index (κ2) is 56.5. The molecule has 402 valence electrons. The SMILES string of the molecule is CCCCC/C=C\C/C=C\C/C=C\CCCCCCCCC(=O)OC(CCCCCCCCC/C=C\C/C=C\CCCCC)CC(=O)NC(CO)C(O)CCCCCCCCCCCCCCCC. The molecule has 3 atom stereocenters. The summed E-state index contributed by atoms with van der Waals surface area (Å²) >= 11 is 0. The van der Waals surface area contributed by atoms with Gasteiger partial charge in [-0.2, -0.15) is 0 Å². The minimum absolute atomic E-state index is 0.0667. The summed E-state index contributed by atoms with van der Waals surface area (Å²) in [6.07, 6.45) is 71.4. The molecule has 0 aliphatic heterocycles. The molecule has 0 bridgehead atoms. The van der Waals surface area contributed by atoms with Crippen molar-refractivity contribution in [3.05, 3.63) is 60.8 Å². The van der Waals surface area contributed by atoms with Gasteiger partial charge in [0.1, 0.15) is 6.10 Å². The Morgan fingerprint density at radius 2 is 0.739 bits per heavy atom. The van der Waals surface area contributed by atoms with Gasteiger partial charge in [0.15, 0.2) is 0 Å². The number of carbonyl (C=O) groups excluding carboxylic acids is 2. The largest absolute Gasteiger partial charge is 0.462 e. The van der Waals surface area contributed by atoms with Gasteiger partial charge in [0.05, 0.1) is 25.2 Å². The fraction of sp³-hybridized carbons (Fsp3) is 0.810. The molecule has 69 heavy (non-hydrogen) atoms. The molecular formula is C63H115NO5. The maximum Gasteiger partial charge on any atom is 0.306 e. The monoisotopic (exact) mass is 966 g/mol. The Bertz CT molecular complexity index is 1220. The molecule has 6 nitrogen and oxygen atoms in total. The van der Waals surface area contributed by atoms with Gasteiger partial charge in [0.25, 0.3) is 0 Å². The third-order valence-corrected chi connectivity index (χ3v) is 13.6. The average Bonchev–Trinajstić information content (AvgIpc) is 3.34. The normalized spacial score (nSPS) is 13.5. The summed E-state index contributed by atoms with van der Waals surface area (Å²) in [6.45, 7) is 6.46. The van der Waals surface area contributed by atoms with E-state index in [-0.39, 0.29) is 24.9 Å².